The number of hydrogen-bond donors (Lipinski definition) is 1. The third-order valence-corrected chi connectivity index (χ3v) is 3.23. The Morgan fingerprint density at radius 1 is 1.57 bits per heavy atom. The van der Waals surface area contributed by atoms with Gasteiger partial charge in [-0.3, -0.25) is 4.68 Å². The number of carboxylic acids is 1. The Labute approximate surface area is 90.0 Å². The number of halogens is 1. The summed E-state index contributed by atoms with van der Waals surface area (Å²) in [5.41, 5.74) is -0.800. The Morgan fingerprint density at radius 3 is 2.64 bits per heavy atom. The number of nitrogens with zero attached hydrogens (tertiary/aromatic N) is 2. The topological polar surface area (TPSA) is 55.1 Å². The van der Waals surface area contributed by atoms with Crippen molar-refractivity contribution in [2.45, 2.75) is 31.2 Å². The molecule has 1 saturated carbocycles. The maximum Gasteiger partial charge on any atom is 0.331 e. The second kappa shape index (κ2) is 3.38. The third-order valence-electron chi connectivity index (χ3n) is 2.82. The van der Waals surface area contributed by atoms with Gasteiger partial charge in [0, 0.05) is 6.20 Å². The summed E-state index contributed by atoms with van der Waals surface area (Å²) in [6, 6.07) is 0. The van der Waals surface area contributed by atoms with Gasteiger partial charge in [-0.15, -0.1) is 0 Å². The van der Waals surface area contributed by atoms with Gasteiger partial charge in [0.2, 0.25) is 0 Å². The lowest BCUT2D eigenvalue weighted by molar-refractivity contribution is -0.147. The lowest BCUT2D eigenvalue weighted by Crippen LogP contribution is -2.39. The second-order valence-corrected chi connectivity index (χ2v) is 4.56. The molecule has 0 amide bonds. The first-order chi connectivity index (χ1) is 6.65. The molecule has 0 saturated heterocycles. The third kappa shape index (κ3) is 1.35. The fourth-order valence-electron chi connectivity index (χ4n) is 2.04. The molecule has 0 atom stereocenters. The predicted octanol–water partition coefficient (Wildman–Crippen LogP) is 2.00. The molecule has 0 spiro atoms. The standard InChI is InChI=1S/C9H11BrN2O2/c10-7-5-11-12(6-7)9(8(13)14)3-1-2-4-9/h5-6H,1-4H2,(H,13,14). The number of hydrogen-bond acceptors (Lipinski definition) is 2. The zero-order valence-corrected chi connectivity index (χ0v) is 9.20. The van der Waals surface area contributed by atoms with Crippen LogP contribution in [-0.4, -0.2) is 20.9 Å². The molecular weight excluding hydrogens is 248 g/mol. The largest absolute Gasteiger partial charge is 0.479 e. The van der Waals surface area contributed by atoms with Crippen molar-refractivity contribution < 1.29 is 9.90 Å². The van der Waals surface area contributed by atoms with Crippen molar-refractivity contribution >= 4 is 21.9 Å². The number of carbonyl (C=O) groups is 1. The highest BCUT2D eigenvalue weighted by molar-refractivity contribution is 9.10. The minimum absolute atomic E-state index is 0.677. The van der Waals surface area contributed by atoms with E-state index in [2.05, 4.69) is 21.0 Å². The molecule has 2 rings (SSSR count). The molecule has 0 aromatic carbocycles. The zero-order valence-electron chi connectivity index (χ0n) is 7.61. The smallest absolute Gasteiger partial charge is 0.331 e. The maximum atomic E-state index is 11.3. The van der Waals surface area contributed by atoms with Crippen molar-refractivity contribution in [3.8, 4) is 0 Å². The van der Waals surface area contributed by atoms with Crippen LogP contribution in [0.1, 0.15) is 25.7 Å². The van der Waals surface area contributed by atoms with Gasteiger partial charge >= 0.3 is 5.97 Å². The molecule has 0 radical (unpaired) electrons. The first-order valence-electron chi connectivity index (χ1n) is 4.59. The minimum Gasteiger partial charge on any atom is -0.479 e. The average Bonchev–Trinajstić information content (AvgIpc) is 2.71. The quantitative estimate of drug-likeness (QED) is 0.883. The van der Waals surface area contributed by atoms with E-state index < -0.39 is 11.5 Å². The summed E-state index contributed by atoms with van der Waals surface area (Å²) in [6.07, 6.45) is 6.64. The molecule has 0 unspecified atom stereocenters. The van der Waals surface area contributed by atoms with E-state index in [1.807, 2.05) is 0 Å². The molecule has 1 N–H and O–H groups in total. The summed E-state index contributed by atoms with van der Waals surface area (Å²) in [5, 5.41) is 13.3. The van der Waals surface area contributed by atoms with Crippen LogP contribution in [0.3, 0.4) is 0 Å². The van der Waals surface area contributed by atoms with Gasteiger partial charge in [0.05, 0.1) is 10.7 Å². The van der Waals surface area contributed by atoms with E-state index in [1.165, 1.54) is 0 Å². The first-order valence-corrected chi connectivity index (χ1v) is 5.38. The normalized spacial score (nSPS) is 19.8. The van der Waals surface area contributed by atoms with E-state index in [-0.39, 0.29) is 0 Å². The fourth-order valence-corrected chi connectivity index (χ4v) is 2.32. The Balaban J connectivity index is 2.41. The lowest BCUT2D eigenvalue weighted by Gasteiger charge is -2.24. The highest BCUT2D eigenvalue weighted by Crippen LogP contribution is 2.36. The van der Waals surface area contributed by atoms with Gasteiger partial charge in [0.15, 0.2) is 5.54 Å². The molecule has 5 heteroatoms. The molecule has 4 nitrogen and oxygen atoms in total. The van der Waals surface area contributed by atoms with Crippen molar-refractivity contribution in [3.63, 3.8) is 0 Å². The van der Waals surface area contributed by atoms with Crippen LogP contribution in [0.15, 0.2) is 16.9 Å². The Hall–Kier alpha value is -0.840. The zero-order chi connectivity index (χ0) is 10.2. The number of carboxylic acid groups (broad SMARTS) is 1. The summed E-state index contributed by atoms with van der Waals surface area (Å²) < 4.78 is 2.40. The summed E-state index contributed by atoms with van der Waals surface area (Å²) in [6.45, 7) is 0. The molecule has 0 bridgehead atoms. The van der Waals surface area contributed by atoms with E-state index >= 15 is 0 Å². The molecule has 0 aliphatic heterocycles. The molecule has 1 aromatic heterocycles. The minimum atomic E-state index is -0.800. The Morgan fingerprint density at radius 2 is 2.21 bits per heavy atom. The predicted molar refractivity (Wildman–Crippen MR) is 54.0 cm³/mol. The van der Waals surface area contributed by atoms with Gasteiger partial charge in [-0.1, -0.05) is 12.8 Å². The molecule has 1 fully saturated rings. The van der Waals surface area contributed by atoms with E-state index in [0.717, 1.165) is 17.3 Å². The highest BCUT2D eigenvalue weighted by atomic mass is 79.9. The van der Waals surface area contributed by atoms with Gasteiger partial charge < -0.3 is 5.11 Å². The SMILES string of the molecule is O=C(O)C1(n2cc(Br)cn2)CCCC1. The fraction of sp³-hybridized carbons (Fsp3) is 0.556. The van der Waals surface area contributed by atoms with Gasteiger partial charge in [0.1, 0.15) is 0 Å². The number of rotatable bonds is 2. The molecule has 1 aromatic rings. The molecular formula is C9H11BrN2O2. The van der Waals surface area contributed by atoms with Crippen LogP contribution in [0.25, 0.3) is 0 Å². The van der Waals surface area contributed by atoms with Crippen LogP contribution in [0.4, 0.5) is 0 Å². The monoisotopic (exact) mass is 258 g/mol. The lowest BCUT2D eigenvalue weighted by atomic mass is 9.98. The molecule has 1 heterocycles. The van der Waals surface area contributed by atoms with E-state index in [4.69, 9.17) is 0 Å². The van der Waals surface area contributed by atoms with Gasteiger partial charge in [-0.05, 0) is 28.8 Å². The maximum absolute atomic E-state index is 11.3. The van der Waals surface area contributed by atoms with Gasteiger partial charge in [0.25, 0.3) is 0 Å². The van der Waals surface area contributed by atoms with Gasteiger partial charge in [-0.25, -0.2) is 4.79 Å². The summed E-state index contributed by atoms with van der Waals surface area (Å²) >= 11 is 3.28. The summed E-state index contributed by atoms with van der Waals surface area (Å²) in [7, 11) is 0. The molecule has 1 aliphatic carbocycles. The van der Waals surface area contributed by atoms with Crippen molar-refractivity contribution in [1.82, 2.24) is 9.78 Å². The van der Waals surface area contributed by atoms with E-state index in [1.54, 1.807) is 17.1 Å². The van der Waals surface area contributed by atoms with Crippen LogP contribution < -0.4 is 0 Å². The van der Waals surface area contributed by atoms with Crippen LogP contribution in [-0.2, 0) is 10.3 Å². The van der Waals surface area contributed by atoms with Crippen LogP contribution in [0.5, 0.6) is 0 Å². The average molecular weight is 259 g/mol. The molecule has 76 valence electrons. The molecule has 1 aliphatic rings. The van der Waals surface area contributed by atoms with E-state index in [9.17, 15) is 9.90 Å². The number of aromatic nitrogens is 2. The Kier molecular flexibility index (Phi) is 2.34. The van der Waals surface area contributed by atoms with E-state index in [0.29, 0.717) is 12.8 Å². The summed E-state index contributed by atoms with van der Waals surface area (Å²) in [5.74, 6) is -0.773. The van der Waals surface area contributed by atoms with Crippen LogP contribution in [0.2, 0.25) is 0 Å². The van der Waals surface area contributed by atoms with Crippen molar-refractivity contribution in [3.05, 3.63) is 16.9 Å². The van der Waals surface area contributed by atoms with Crippen molar-refractivity contribution in [2.75, 3.05) is 0 Å². The van der Waals surface area contributed by atoms with Crippen molar-refractivity contribution in [1.29, 1.82) is 0 Å². The first kappa shape index (κ1) is 9.71. The molecule has 14 heavy (non-hydrogen) atoms. The highest BCUT2D eigenvalue weighted by Gasteiger charge is 2.43. The second-order valence-electron chi connectivity index (χ2n) is 3.65. The summed E-state index contributed by atoms with van der Waals surface area (Å²) in [4.78, 5) is 11.3. The number of aliphatic carboxylic acids is 1. The van der Waals surface area contributed by atoms with Gasteiger partial charge in [-0.2, -0.15) is 5.10 Å². The van der Waals surface area contributed by atoms with Crippen LogP contribution >= 0.6 is 15.9 Å². The van der Waals surface area contributed by atoms with Crippen molar-refractivity contribution in [2.24, 2.45) is 0 Å². The Bertz CT molecular complexity index is 355. The van der Waals surface area contributed by atoms with Crippen LogP contribution in [0, 0.1) is 0 Å².